The summed E-state index contributed by atoms with van der Waals surface area (Å²) in [6.07, 6.45) is 35.6. The number of rotatable bonds is 29. The Labute approximate surface area is 229 Å². The molecule has 37 heavy (non-hydrogen) atoms. The second kappa shape index (κ2) is 29.0. The standard InChI is InChI=1S/C33H60O4/c1-3-5-6-7-8-9-10-11-12-13-14-15-16-17-18-19-20-21-22-23-24-25-26-27-28-31(30-32(34)35)33(36)37-29-4-2/h4,13-14,31H,2-3,5-12,15-30H2,1H3,(H,34,35)/b14-13+. The average molecular weight is 521 g/mol. The van der Waals surface area contributed by atoms with Crippen LogP contribution in [0.25, 0.3) is 0 Å². The van der Waals surface area contributed by atoms with Crippen molar-refractivity contribution >= 4 is 11.9 Å². The van der Waals surface area contributed by atoms with Gasteiger partial charge in [0.2, 0.25) is 0 Å². The van der Waals surface area contributed by atoms with Gasteiger partial charge in [0.15, 0.2) is 0 Å². The smallest absolute Gasteiger partial charge is 0.309 e. The summed E-state index contributed by atoms with van der Waals surface area (Å²) in [7, 11) is 0. The van der Waals surface area contributed by atoms with E-state index < -0.39 is 17.9 Å². The second-order valence-electron chi connectivity index (χ2n) is 10.8. The molecule has 216 valence electrons. The lowest BCUT2D eigenvalue weighted by Gasteiger charge is -2.13. The second-order valence-corrected chi connectivity index (χ2v) is 10.8. The molecular weight excluding hydrogens is 460 g/mol. The third kappa shape index (κ3) is 27.3. The Hall–Kier alpha value is -1.58. The SMILES string of the molecule is C=CCOC(=O)C(CCCCCCCCCCCCCC/C=C/CCCCCCCCCC)CC(=O)O. The van der Waals surface area contributed by atoms with Crippen molar-refractivity contribution < 1.29 is 19.4 Å². The number of allylic oxidation sites excluding steroid dienone is 2. The van der Waals surface area contributed by atoms with Crippen LogP contribution in [0.15, 0.2) is 24.8 Å². The van der Waals surface area contributed by atoms with Crippen molar-refractivity contribution in [3.8, 4) is 0 Å². The molecule has 4 heteroatoms. The fourth-order valence-corrected chi connectivity index (χ4v) is 4.83. The largest absolute Gasteiger partial charge is 0.481 e. The number of carbonyl (C=O) groups excluding carboxylic acids is 1. The first-order valence-electron chi connectivity index (χ1n) is 15.8. The first kappa shape index (κ1) is 35.4. The number of aliphatic carboxylic acids is 1. The molecule has 0 saturated heterocycles. The van der Waals surface area contributed by atoms with Gasteiger partial charge in [-0.3, -0.25) is 9.59 Å². The van der Waals surface area contributed by atoms with E-state index >= 15 is 0 Å². The van der Waals surface area contributed by atoms with Crippen LogP contribution in [0, 0.1) is 5.92 Å². The van der Waals surface area contributed by atoms with Crippen LogP contribution in [0.3, 0.4) is 0 Å². The molecule has 0 fully saturated rings. The zero-order valence-electron chi connectivity index (χ0n) is 24.4. The van der Waals surface area contributed by atoms with Gasteiger partial charge in [0.05, 0.1) is 12.3 Å². The molecule has 0 aromatic carbocycles. The van der Waals surface area contributed by atoms with E-state index in [1.165, 1.54) is 128 Å². The van der Waals surface area contributed by atoms with Gasteiger partial charge in [-0.2, -0.15) is 0 Å². The highest BCUT2D eigenvalue weighted by molar-refractivity contribution is 5.79. The van der Waals surface area contributed by atoms with Crippen molar-refractivity contribution in [1.82, 2.24) is 0 Å². The third-order valence-electron chi connectivity index (χ3n) is 7.16. The normalized spacial score (nSPS) is 12.1. The summed E-state index contributed by atoms with van der Waals surface area (Å²) in [4.78, 5) is 23.0. The van der Waals surface area contributed by atoms with Gasteiger partial charge in [0.25, 0.3) is 0 Å². The fourth-order valence-electron chi connectivity index (χ4n) is 4.83. The lowest BCUT2D eigenvalue weighted by atomic mass is 9.97. The number of ether oxygens (including phenoxy) is 1. The Morgan fingerprint density at radius 2 is 1.08 bits per heavy atom. The van der Waals surface area contributed by atoms with E-state index in [1.54, 1.807) is 0 Å². The molecule has 0 saturated carbocycles. The quantitative estimate of drug-likeness (QED) is 0.0605. The van der Waals surface area contributed by atoms with Gasteiger partial charge in [-0.15, -0.1) is 0 Å². The maximum Gasteiger partial charge on any atom is 0.309 e. The van der Waals surface area contributed by atoms with Crippen molar-refractivity contribution in [3.05, 3.63) is 24.8 Å². The van der Waals surface area contributed by atoms with Gasteiger partial charge in [-0.1, -0.05) is 147 Å². The molecule has 1 atom stereocenters. The molecule has 0 aromatic heterocycles. The Balaban J connectivity index is 3.39. The molecule has 0 spiro atoms. The summed E-state index contributed by atoms with van der Waals surface area (Å²) in [6, 6.07) is 0. The summed E-state index contributed by atoms with van der Waals surface area (Å²) in [5, 5.41) is 9.02. The molecule has 0 aliphatic heterocycles. The molecule has 0 bridgehead atoms. The maximum absolute atomic E-state index is 12.0. The minimum Gasteiger partial charge on any atom is -0.481 e. The van der Waals surface area contributed by atoms with Crippen LogP contribution in [0.4, 0.5) is 0 Å². The number of esters is 1. The Morgan fingerprint density at radius 3 is 1.49 bits per heavy atom. The number of carbonyl (C=O) groups is 2. The first-order chi connectivity index (χ1) is 18.1. The fraction of sp³-hybridized carbons (Fsp3) is 0.818. The van der Waals surface area contributed by atoms with Crippen LogP contribution >= 0.6 is 0 Å². The highest BCUT2D eigenvalue weighted by atomic mass is 16.5. The minimum atomic E-state index is -0.943. The van der Waals surface area contributed by atoms with Gasteiger partial charge in [0.1, 0.15) is 6.61 Å². The highest BCUT2D eigenvalue weighted by Crippen LogP contribution is 2.18. The van der Waals surface area contributed by atoms with Gasteiger partial charge >= 0.3 is 11.9 Å². The van der Waals surface area contributed by atoms with E-state index in [9.17, 15) is 9.59 Å². The maximum atomic E-state index is 12.0. The molecule has 0 aliphatic rings. The lowest BCUT2D eigenvalue weighted by molar-refractivity contribution is -0.152. The predicted octanol–water partition coefficient (Wildman–Crippen LogP) is 10.4. The summed E-state index contributed by atoms with van der Waals surface area (Å²) >= 11 is 0. The molecule has 0 rings (SSSR count). The van der Waals surface area contributed by atoms with Crippen LogP contribution in [0.2, 0.25) is 0 Å². The molecule has 0 aliphatic carbocycles. The Bertz CT molecular complexity index is 555. The number of unbranched alkanes of at least 4 members (excludes halogenated alkanes) is 20. The molecule has 0 heterocycles. The molecule has 1 unspecified atom stereocenters. The van der Waals surface area contributed by atoms with Crippen molar-refractivity contribution in [2.24, 2.45) is 5.92 Å². The van der Waals surface area contributed by atoms with Gasteiger partial charge in [-0.25, -0.2) is 0 Å². The molecule has 4 nitrogen and oxygen atoms in total. The van der Waals surface area contributed by atoms with Crippen molar-refractivity contribution in [2.45, 2.75) is 161 Å². The van der Waals surface area contributed by atoms with E-state index in [2.05, 4.69) is 25.7 Å². The number of carboxylic acids is 1. The Kier molecular flexibility index (Phi) is 27.7. The first-order valence-corrected chi connectivity index (χ1v) is 15.8. The van der Waals surface area contributed by atoms with E-state index in [4.69, 9.17) is 9.84 Å². The van der Waals surface area contributed by atoms with Gasteiger partial charge < -0.3 is 9.84 Å². The number of hydrogen-bond acceptors (Lipinski definition) is 3. The van der Waals surface area contributed by atoms with Gasteiger partial charge in [-0.05, 0) is 32.1 Å². The monoisotopic (exact) mass is 520 g/mol. The van der Waals surface area contributed by atoms with Crippen molar-refractivity contribution in [1.29, 1.82) is 0 Å². The van der Waals surface area contributed by atoms with Crippen LogP contribution < -0.4 is 0 Å². The van der Waals surface area contributed by atoms with Gasteiger partial charge in [0, 0.05) is 0 Å². The number of hydrogen-bond donors (Lipinski definition) is 1. The molecule has 0 radical (unpaired) electrons. The summed E-state index contributed by atoms with van der Waals surface area (Å²) < 4.78 is 5.04. The van der Waals surface area contributed by atoms with E-state index in [0.717, 1.165) is 19.3 Å². The van der Waals surface area contributed by atoms with Crippen molar-refractivity contribution in [2.75, 3.05) is 6.61 Å². The van der Waals surface area contributed by atoms with Crippen LogP contribution in [0.1, 0.15) is 161 Å². The highest BCUT2D eigenvalue weighted by Gasteiger charge is 2.22. The Morgan fingerprint density at radius 1 is 0.676 bits per heavy atom. The number of carboxylic acid groups (broad SMARTS) is 1. The van der Waals surface area contributed by atoms with E-state index in [1.807, 2.05) is 0 Å². The summed E-state index contributed by atoms with van der Waals surface area (Å²) in [5.74, 6) is -1.89. The van der Waals surface area contributed by atoms with E-state index in [-0.39, 0.29) is 13.0 Å². The van der Waals surface area contributed by atoms with Crippen LogP contribution in [-0.4, -0.2) is 23.7 Å². The molecular formula is C33H60O4. The molecule has 0 amide bonds. The topological polar surface area (TPSA) is 63.6 Å². The van der Waals surface area contributed by atoms with Crippen LogP contribution in [-0.2, 0) is 14.3 Å². The average Bonchev–Trinajstić information content (AvgIpc) is 2.88. The molecule has 0 aromatic rings. The van der Waals surface area contributed by atoms with E-state index in [0.29, 0.717) is 6.42 Å². The third-order valence-corrected chi connectivity index (χ3v) is 7.16. The zero-order valence-corrected chi connectivity index (χ0v) is 24.4. The zero-order chi connectivity index (χ0) is 27.2. The lowest BCUT2D eigenvalue weighted by Crippen LogP contribution is -2.21. The summed E-state index contributed by atoms with van der Waals surface area (Å²) in [5.41, 5.74) is 0. The van der Waals surface area contributed by atoms with Crippen LogP contribution in [0.5, 0.6) is 0 Å². The summed E-state index contributed by atoms with van der Waals surface area (Å²) in [6.45, 7) is 5.95. The molecule has 1 N–H and O–H groups in total. The van der Waals surface area contributed by atoms with Crippen molar-refractivity contribution in [3.63, 3.8) is 0 Å². The minimum absolute atomic E-state index is 0.145. The predicted molar refractivity (Wildman–Crippen MR) is 158 cm³/mol.